The molecule has 1 aliphatic heterocycles. The van der Waals surface area contributed by atoms with Crippen molar-refractivity contribution >= 4 is 0 Å². The number of nitrogens with one attached hydrogen (secondary N) is 1. The molecule has 90 valence electrons. The molecule has 0 radical (unpaired) electrons. The van der Waals surface area contributed by atoms with E-state index in [2.05, 4.69) is 29.0 Å². The lowest BCUT2D eigenvalue weighted by Gasteiger charge is -2.19. The van der Waals surface area contributed by atoms with Gasteiger partial charge in [-0.2, -0.15) is 0 Å². The van der Waals surface area contributed by atoms with Crippen LogP contribution in [0.4, 0.5) is 0 Å². The molecule has 1 N–H and O–H groups in total. The molecule has 1 rings (SSSR count). The van der Waals surface area contributed by atoms with E-state index in [0.717, 1.165) is 13.1 Å². The summed E-state index contributed by atoms with van der Waals surface area (Å²) < 4.78 is 0. The van der Waals surface area contributed by atoms with Gasteiger partial charge in [-0.05, 0) is 39.0 Å². The van der Waals surface area contributed by atoms with Crippen LogP contribution < -0.4 is 5.32 Å². The van der Waals surface area contributed by atoms with Crippen molar-refractivity contribution in [2.45, 2.75) is 26.7 Å². The van der Waals surface area contributed by atoms with Crippen LogP contribution in [0.3, 0.4) is 0 Å². The molecule has 1 heterocycles. The second-order valence-corrected chi connectivity index (χ2v) is 4.33. The van der Waals surface area contributed by atoms with Crippen LogP contribution in [0.5, 0.6) is 0 Å². The predicted octanol–water partition coefficient (Wildman–Crippen LogP) is 1.01. The van der Waals surface area contributed by atoms with Crippen molar-refractivity contribution in [2.24, 2.45) is 0 Å². The molecule has 0 bridgehead atoms. The Kier molecular flexibility index (Phi) is 6.98. The number of rotatable bonds is 8. The molecule has 0 saturated carbocycles. The number of hydrogen-bond donors (Lipinski definition) is 1. The molecular weight excluding hydrogens is 186 g/mol. The Morgan fingerprint density at radius 3 is 2.33 bits per heavy atom. The first-order valence-corrected chi connectivity index (χ1v) is 6.52. The molecule has 0 aromatic rings. The van der Waals surface area contributed by atoms with Gasteiger partial charge in [0.05, 0.1) is 0 Å². The van der Waals surface area contributed by atoms with Crippen molar-refractivity contribution in [1.29, 1.82) is 0 Å². The van der Waals surface area contributed by atoms with E-state index >= 15 is 0 Å². The Labute approximate surface area is 94.8 Å². The zero-order valence-corrected chi connectivity index (χ0v) is 10.5. The minimum absolute atomic E-state index is 1.13. The van der Waals surface area contributed by atoms with Gasteiger partial charge in [0.25, 0.3) is 0 Å². The zero-order chi connectivity index (χ0) is 10.9. The van der Waals surface area contributed by atoms with Crippen LogP contribution in [0.15, 0.2) is 0 Å². The van der Waals surface area contributed by atoms with Crippen LogP contribution in [-0.4, -0.2) is 62.2 Å². The lowest BCUT2D eigenvalue weighted by Crippen LogP contribution is -2.35. The average Bonchev–Trinajstić information content (AvgIpc) is 2.76. The maximum Gasteiger partial charge on any atom is 0.0107 e. The molecule has 0 atom stereocenters. The van der Waals surface area contributed by atoms with Gasteiger partial charge in [0.2, 0.25) is 0 Å². The van der Waals surface area contributed by atoms with E-state index < -0.39 is 0 Å². The predicted molar refractivity (Wildman–Crippen MR) is 66.3 cm³/mol. The molecule has 0 amide bonds. The number of nitrogens with zero attached hydrogens (tertiary/aromatic N) is 2. The fraction of sp³-hybridized carbons (Fsp3) is 1.00. The summed E-state index contributed by atoms with van der Waals surface area (Å²) in [4.78, 5) is 5.02. The highest BCUT2D eigenvalue weighted by Gasteiger charge is 2.09. The van der Waals surface area contributed by atoms with E-state index in [-0.39, 0.29) is 0 Å². The first-order chi connectivity index (χ1) is 7.36. The smallest absolute Gasteiger partial charge is 0.0107 e. The number of likely N-dealkylation sites (tertiary alicyclic amines) is 1. The van der Waals surface area contributed by atoms with Gasteiger partial charge in [-0.3, -0.25) is 0 Å². The van der Waals surface area contributed by atoms with Gasteiger partial charge in [0.15, 0.2) is 0 Å². The quantitative estimate of drug-likeness (QED) is 0.607. The van der Waals surface area contributed by atoms with E-state index in [9.17, 15) is 0 Å². The van der Waals surface area contributed by atoms with Crippen LogP contribution in [0, 0.1) is 0 Å². The molecule has 0 aromatic carbocycles. The van der Waals surface area contributed by atoms with Crippen LogP contribution in [0.25, 0.3) is 0 Å². The van der Waals surface area contributed by atoms with Crippen molar-refractivity contribution in [3.05, 3.63) is 0 Å². The van der Waals surface area contributed by atoms with Crippen LogP contribution >= 0.6 is 0 Å². The molecular formula is C12H27N3. The summed E-state index contributed by atoms with van der Waals surface area (Å²) in [5.74, 6) is 0. The standard InChI is InChI=1S/C12H27N3/c1-3-14(4-2)11-7-13-8-12-15-9-5-6-10-15/h13H,3-12H2,1-2H3. The highest BCUT2D eigenvalue weighted by molar-refractivity contribution is 4.67. The van der Waals surface area contributed by atoms with Crippen molar-refractivity contribution in [1.82, 2.24) is 15.1 Å². The first kappa shape index (κ1) is 12.9. The van der Waals surface area contributed by atoms with Crippen LogP contribution in [-0.2, 0) is 0 Å². The third-order valence-corrected chi connectivity index (χ3v) is 3.30. The minimum Gasteiger partial charge on any atom is -0.314 e. The number of hydrogen-bond acceptors (Lipinski definition) is 3. The third-order valence-electron chi connectivity index (χ3n) is 3.30. The van der Waals surface area contributed by atoms with Crippen LogP contribution in [0.2, 0.25) is 0 Å². The molecule has 1 aliphatic rings. The molecule has 3 heteroatoms. The minimum atomic E-state index is 1.13. The Morgan fingerprint density at radius 1 is 1.07 bits per heavy atom. The average molecular weight is 213 g/mol. The second kappa shape index (κ2) is 8.08. The molecule has 1 saturated heterocycles. The fourth-order valence-corrected chi connectivity index (χ4v) is 2.15. The molecule has 15 heavy (non-hydrogen) atoms. The van der Waals surface area contributed by atoms with Gasteiger partial charge in [0, 0.05) is 26.2 Å². The highest BCUT2D eigenvalue weighted by Crippen LogP contribution is 2.05. The maximum absolute atomic E-state index is 3.53. The topological polar surface area (TPSA) is 18.5 Å². The van der Waals surface area contributed by atoms with Crippen molar-refractivity contribution < 1.29 is 0 Å². The monoisotopic (exact) mass is 213 g/mol. The Balaban J connectivity index is 1.87. The maximum atomic E-state index is 3.53. The molecule has 0 unspecified atom stereocenters. The van der Waals surface area contributed by atoms with Crippen LogP contribution in [0.1, 0.15) is 26.7 Å². The summed E-state index contributed by atoms with van der Waals surface area (Å²) in [6.07, 6.45) is 2.80. The highest BCUT2D eigenvalue weighted by atomic mass is 15.2. The van der Waals surface area contributed by atoms with E-state index in [4.69, 9.17) is 0 Å². The normalized spacial score (nSPS) is 17.8. The zero-order valence-electron chi connectivity index (χ0n) is 10.5. The Hall–Kier alpha value is -0.120. The summed E-state index contributed by atoms with van der Waals surface area (Å²) in [5.41, 5.74) is 0. The largest absolute Gasteiger partial charge is 0.314 e. The fourth-order valence-electron chi connectivity index (χ4n) is 2.15. The molecule has 1 fully saturated rings. The van der Waals surface area contributed by atoms with Gasteiger partial charge in [-0.1, -0.05) is 13.8 Å². The van der Waals surface area contributed by atoms with E-state index in [1.165, 1.54) is 52.1 Å². The van der Waals surface area contributed by atoms with Gasteiger partial charge in [-0.15, -0.1) is 0 Å². The lowest BCUT2D eigenvalue weighted by atomic mass is 10.4. The molecule has 0 spiro atoms. The van der Waals surface area contributed by atoms with E-state index in [1.54, 1.807) is 0 Å². The summed E-state index contributed by atoms with van der Waals surface area (Å²) in [6, 6.07) is 0. The summed E-state index contributed by atoms with van der Waals surface area (Å²) in [5, 5.41) is 3.53. The summed E-state index contributed by atoms with van der Waals surface area (Å²) >= 11 is 0. The SMILES string of the molecule is CCN(CC)CCNCCN1CCCC1. The number of likely N-dealkylation sites (N-methyl/N-ethyl adjacent to an activating group) is 1. The second-order valence-electron chi connectivity index (χ2n) is 4.33. The summed E-state index contributed by atoms with van der Waals surface area (Å²) in [6.45, 7) is 14.1. The molecule has 0 aliphatic carbocycles. The van der Waals surface area contributed by atoms with Crippen molar-refractivity contribution in [2.75, 3.05) is 52.4 Å². The van der Waals surface area contributed by atoms with Gasteiger partial charge < -0.3 is 15.1 Å². The van der Waals surface area contributed by atoms with Crippen molar-refractivity contribution in [3.63, 3.8) is 0 Å². The van der Waals surface area contributed by atoms with Gasteiger partial charge in [-0.25, -0.2) is 0 Å². The van der Waals surface area contributed by atoms with E-state index in [1.807, 2.05) is 0 Å². The Bertz CT molecular complexity index is 136. The van der Waals surface area contributed by atoms with Gasteiger partial charge in [0.1, 0.15) is 0 Å². The third kappa shape index (κ3) is 5.50. The summed E-state index contributed by atoms with van der Waals surface area (Å²) in [7, 11) is 0. The lowest BCUT2D eigenvalue weighted by molar-refractivity contribution is 0.293. The molecule has 0 aromatic heterocycles. The van der Waals surface area contributed by atoms with Crippen molar-refractivity contribution in [3.8, 4) is 0 Å². The first-order valence-electron chi connectivity index (χ1n) is 6.52. The Morgan fingerprint density at radius 2 is 1.73 bits per heavy atom. The van der Waals surface area contributed by atoms with E-state index in [0.29, 0.717) is 0 Å². The van der Waals surface area contributed by atoms with Gasteiger partial charge >= 0.3 is 0 Å². The molecule has 3 nitrogen and oxygen atoms in total.